The van der Waals surface area contributed by atoms with Crippen LogP contribution in [0.25, 0.3) is 0 Å². The van der Waals surface area contributed by atoms with Crippen molar-refractivity contribution in [3.05, 3.63) is 35.9 Å². The first-order valence-corrected chi connectivity index (χ1v) is 10.7. The molecule has 0 aliphatic carbocycles. The lowest BCUT2D eigenvalue weighted by Gasteiger charge is -2.28. The topological polar surface area (TPSA) is 9.23 Å². The van der Waals surface area contributed by atoms with Gasteiger partial charge in [0.2, 0.25) is 0 Å². The maximum atomic E-state index is 6.22. The van der Waals surface area contributed by atoms with Crippen molar-refractivity contribution in [1.82, 2.24) is 0 Å². The first-order chi connectivity index (χ1) is 7.88. The molecule has 17 heavy (non-hydrogen) atoms. The highest BCUT2D eigenvalue weighted by molar-refractivity contribution is 7.99. The highest BCUT2D eigenvalue weighted by atomic mass is 32.2. The summed E-state index contributed by atoms with van der Waals surface area (Å²) in [5.41, 5.74) is 1.70. The lowest BCUT2D eigenvalue weighted by Crippen LogP contribution is -2.33. The zero-order valence-electron chi connectivity index (χ0n) is 11.6. The molecular formula is C14H24OSSi. The van der Waals surface area contributed by atoms with Crippen LogP contribution in [0.5, 0.6) is 0 Å². The molecule has 0 aliphatic rings. The minimum Gasteiger partial charge on any atom is -0.406 e. The van der Waals surface area contributed by atoms with Gasteiger partial charge in [-0.3, -0.25) is 0 Å². The summed E-state index contributed by atoms with van der Waals surface area (Å²) in [6, 6.07) is 10.6. The van der Waals surface area contributed by atoms with Gasteiger partial charge in [-0.1, -0.05) is 44.2 Å². The Bertz CT molecular complexity index is 319. The zero-order valence-corrected chi connectivity index (χ0v) is 13.4. The van der Waals surface area contributed by atoms with E-state index in [0.29, 0.717) is 11.4 Å². The Morgan fingerprint density at radius 1 is 1.12 bits per heavy atom. The summed E-state index contributed by atoms with van der Waals surface area (Å²) in [6.07, 6.45) is 0. The summed E-state index contributed by atoms with van der Waals surface area (Å²) in [4.78, 5) is 0. The van der Waals surface area contributed by atoms with E-state index in [2.05, 4.69) is 63.8 Å². The number of rotatable bonds is 6. The number of hydrogen-bond acceptors (Lipinski definition) is 2. The molecule has 96 valence electrons. The molecular weight excluding hydrogens is 244 g/mol. The maximum Gasteiger partial charge on any atom is 0.185 e. The fourth-order valence-electron chi connectivity index (χ4n) is 1.46. The smallest absolute Gasteiger partial charge is 0.185 e. The second kappa shape index (κ2) is 6.62. The highest BCUT2D eigenvalue weighted by Gasteiger charge is 2.23. The van der Waals surface area contributed by atoms with Crippen LogP contribution in [0.2, 0.25) is 19.6 Å². The van der Waals surface area contributed by atoms with Crippen LogP contribution >= 0.6 is 11.8 Å². The van der Waals surface area contributed by atoms with Gasteiger partial charge in [-0.25, -0.2) is 0 Å². The Kier molecular flexibility index (Phi) is 5.76. The van der Waals surface area contributed by atoms with Crippen LogP contribution in [0.15, 0.2) is 30.3 Å². The van der Waals surface area contributed by atoms with Crippen molar-refractivity contribution in [1.29, 1.82) is 0 Å². The molecule has 1 aromatic carbocycles. The molecule has 1 atom stereocenters. The van der Waals surface area contributed by atoms with Crippen LogP contribution in [-0.4, -0.2) is 13.8 Å². The molecule has 0 amide bonds. The monoisotopic (exact) mass is 268 g/mol. The molecule has 0 bridgehead atoms. The van der Waals surface area contributed by atoms with Gasteiger partial charge < -0.3 is 4.43 Å². The fraction of sp³-hybridized carbons (Fsp3) is 0.571. The van der Waals surface area contributed by atoms with E-state index in [4.69, 9.17) is 4.43 Å². The standard InChI is InChI=1S/C14H24OSSi/c1-12(2)14(15-17(3,4)5)16-11-13-9-7-6-8-10-13/h6-10,12,14H,11H2,1-5H3. The lowest BCUT2D eigenvalue weighted by molar-refractivity contribution is 0.229. The number of benzene rings is 1. The van der Waals surface area contributed by atoms with E-state index in [1.165, 1.54) is 5.56 Å². The average molecular weight is 268 g/mol. The molecule has 0 N–H and O–H groups in total. The minimum atomic E-state index is -1.44. The molecule has 1 unspecified atom stereocenters. The summed E-state index contributed by atoms with van der Waals surface area (Å²) in [5, 5.41) is 0. The SMILES string of the molecule is CC(C)C(O[Si](C)(C)C)SCc1ccccc1. The summed E-state index contributed by atoms with van der Waals surface area (Å²) in [7, 11) is -1.44. The summed E-state index contributed by atoms with van der Waals surface area (Å²) in [6.45, 7) is 11.2. The van der Waals surface area contributed by atoms with Gasteiger partial charge in [0.1, 0.15) is 0 Å². The first kappa shape index (κ1) is 14.8. The van der Waals surface area contributed by atoms with Gasteiger partial charge in [0, 0.05) is 5.75 Å². The van der Waals surface area contributed by atoms with Crippen LogP contribution in [0.1, 0.15) is 19.4 Å². The molecule has 1 nitrogen and oxygen atoms in total. The van der Waals surface area contributed by atoms with E-state index in [1.807, 2.05) is 11.8 Å². The van der Waals surface area contributed by atoms with Gasteiger partial charge in [0.15, 0.2) is 8.32 Å². The van der Waals surface area contributed by atoms with Gasteiger partial charge in [-0.2, -0.15) is 0 Å². The van der Waals surface area contributed by atoms with Crippen molar-refractivity contribution < 1.29 is 4.43 Å². The van der Waals surface area contributed by atoms with E-state index in [-0.39, 0.29) is 0 Å². The molecule has 0 spiro atoms. The highest BCUT2D eigenvalue weighted by Crippen LogP contribution is 2.27. The van der Waals surface area contributed by atoms with Crippen LogP contribution < -0.4 is 0 Å². The Morgan fingerprint density at radius 2 is 1.71 bits per heavy atom. The van der Waals surface area contributed by atoms with Gasteiger partial charge in [0.05, 0.1) is 5.44 Å². The summed E-state index contributed by atoms with van der Waals surface area (Å²) in [5.74, 6) is 1.60. The Hall–Kier alpha value is -0.253. The second-order valence-corrected chi connectivity index (χ2v) is 11.2. The molecule has 0 heterocycles. The zero-order chi connectivity index (χ0) is 12.9. The van der Waals surface area contributed by atoms with E-state index in [0.717, 1.165) is 5.75 Å². The molecule has 0 saturated heterocycles. The maximum absolute atomic E-state index is 6.22. The quantitative estimate of drug-likeness (QED) is 0.544. The van der Waals surface area contributed by atoms with Gasteiger partial charge in [0.25, 0.3) is 0 Å². The Balaban J connectivity index is 2.51. The van der Waals surface area contributed by atoms with E-state index >= 15 is 0 Å². The van der Waals surface area contributed by atoms with E-state index < -0.39 is 8.32 Å². The molecule has 0 radical (unpaired) electrons. The van der Waals surface area contributed by atoms with Crippen LogP contribution in [0.3, 0.4) is 0 Å². The normalized spacial score (nSPS) is 14.0. The van der Waals surface area contributed by atoms with Gasteiger partial charge >= 0.3 is 0 Å². The summed E-state index contributed by atoms with van der Waals surface area (Å²) < 4.78 is 6.22. The number of hydrogen-bond donors (Lipinski definition) is 0. The minimum absolute atomic E-state index is 0.321. The van der Waals surface area contributed by atoms with E-state index in [1.54, 1.807) is 0 Å². The van der Waals surface area contributed by atoms with Crippen molar-refractivity contribution >= 4 is 20.1 Å². The third kappa shape index (κ3) is 6.29. The van der Waals surface area contributed by atoms with Crippen molar-refractivity contribution in [2.24, 2.45) is 5.92 Å². The Labute approximate surface area is 111 Å². The molecule has 0 aliphatic heterocycles. The van der Waals surface area contributed by atoms with Crippen molar-refractivity contribution in [2.45, 2.75) is 44.7 Å². The van der Waals surface area contributed by atoms with Crippen molar-refractivity contribution in [2.75, 3.05) is 0 Å². The predicted octanol–water partition coefficient (Wildman–Crippen LogP) is 4.75. The summed E-state index contributed by atoms with van der Waals surface area (Å²) >= 11 is 1.92. The lowest BCUT2D eigenvalue weighted by atomic mass is 10.2. The van der Waals surface area contributed by atoms with Crippen LogP contribution in [0, 0.1) is 5.92 Å². The fourth-order valence-corrected chi connectivity index (χ4v) is 4.50. The van der Waals surface area contributed by atoms with Gasteiger partial charge in [-0.05, 0) is 31.1 Å². The predicted molar refractivity (Wildman–Crippen MR) is 80.8 cm³/mol. The Morgan fingerprint density at radius 3 is 2.18 bits per heavy atom. The van der Waals surface area contributed by atoms with Crippen LogP contribution in [-0.2, 0) is 10.2 Å². The van der Waals surface area contributed by atoms with Crippen molar-refractivity contribution in [3.8, 4) is 0 Å². The largest absolute Gasteiger partial charge is 0.406 e. The molecule has 0 fully saturated rings. The van der Waals surface area contributed by atoms with Crippen LogP contribution in [0.4, 0.5) is 0 Å². The first-order valence-electron chi connectivity index (χ1n) is 6.22. The van der Waals surface area contributed by atoms with E-state index in [9.17, 15) is 0 Å². The third-order valence-corrected chi connectivity index (χ3v) is 4.87. The number of thioether (sulfide) groups is 1. The molecule has 1 rings (SSSR count). The average Bonchev–Trinajstić information content (AvgIpc) is 2.24. The molecule has 1 aromatic rings. The second-order valence-electron chi connectivity index (χ2n) is 5.64. The van der Waals surface area contributed by atoms with Crippen molar-refractivity contribution in [3.63, 3.8) is 0 Å². The third-order valence-electron chi connectivity index (χ3n) is 2.27. The molecule has 3 heteroatoms. The molecule has 0 saturated carbocycles. The molecule has 0 aromatic heterocycles. The van der Waals surface area contributed by atoms with Gasteiger partial charge in [-0.15, -0.1) is 11.8 Å².